The summed E-state index contributed by atoms with van der Waals surface area (Å²) in [5.74, 6) is 0. The Labute approximate surface area is 96.6 Å². The van der Waals surface area contributed by atoms with E-state index in [9.17, 15) is 0 Å². The van der Waals surface area contributed by atoms with Gasteiger partial charge in [-0.15, -0.1) is 28.1 Å². The van der Waals surface area contributed by atoms with Crippen LogP contribution >= 0.6 is 33.1 Å². The van der Waals surface area contributed by atoms with Crippen molar-refractivity contribution < 1.29 is 0 Å². The summed E-state index contributed by atoms with van der Waals surface area (Å²) in [6.07, 6.45) is 0. The molecule has 0 aliphatic rings. The Morgan fingerprint density at radius 2 is 2.00 bits per heavy atom. The molecule has 1 aromatic heterocycles. The first kappa shape index (κ1) is 11.8. The van der Waals surface area contributed by atoms with Gasteiger partial charge < -0.3 is 0 Å². The van der Waals surface area contributed by atoms with Gasteiger partial charge in [0.05, 0.1) is 11.0 Å². The second-order valence-electron chi connectivity index (χ2n) is 3.16. The Morgan fingerprint density at radius 1 is 1.27 bits per heavy atom. The normalized spacial score (nSPS) is 13.8. The molecule has 0 fully saturated rings. The van der Waals surface area contributed by atoms with E-state index in [1.165, 1.54) is 10.9 Å². The monoisotopic (exact) mass is 272 g/mol. The highest BCUT2D eigenvalue weighted by Gasteiger charge is 2.11. The number of aromatic nitrogens is 2. The fraction of sp³-hybridized carbons (Fsp3) is 0.111. The molecule has 15 heavy (non-hydrogen) atoms. The van der Waals surface area contributed by atoms with Gasteiger partial charge in [0.25, 0.3) is 0 Å². The molecular formula is C9H12N2P4. The quantitative estimate of drug-likeness (QED) is 0.784. The number of fused-ring (bicyclic) bond motifs is 1. The third-order valence-electron chi connectivity index (χ3n) is 2.26. The minimum atomic E-state index is -0.234. The molecule has 0 saturated heterocycles. The minimum Gasteiger partial charge on any atom is -0.150 e. The van der Waals surface area contributed by atoms with Crippen molar-refractivity contribution in [3.8, 4) is 0 Å². The average Bonchev–Trinajstić information content (AvgIpc) is 2.29. The van der Waals surface area contributed by atoms with Gasteiger partial charge in [0.15, 0.2) is 0 Å². The van der Waals surface area contributed by atoms with E-state index in [4.69, 9.17) is 0 Å². The smallest absolute Gasteiger partial charge is 0.0974 e. The summed E-state index contributed by atoms with van der Waals surface area (Å²) < 4.78 is 0. The molecule has 2 aromatic rings. The van der Waals surface area contributed by atoms with E-state index in [2.05, 4.69) is 47.1 Å². The molecule has 0 aliphatic heterocycles. The highest BCUT2D eigenvalue weighted by Crippen LogP contribution is 2.64. The first-order chi connectivity index (χ1) is 7.24. The molecule has 4 unspecified atom stereocenters. The van der Waals surface area contributed by atoms with Crippen molar-refractivity contribution in [1.29, 1.82) is 0 Å². The number of aryl methyl sites for hydroxylation is 1. The Hall–Kier alpha value is 0.280. The molecule has 0 saturated carbocycles. The Balaban J connectivity index is 2.65. The SMILES string of the molecule is Cc1c(P(P)PP)nnc2ccccc12. The lowest BCUT2D eigenvalue weighted by Crippen LogP contribution is -2.09. The van der Waals surface area contributed by atoms with Crippen LogP contribution in [0, 0.1) is 6.92 Å². The van der Waals surface area contributed by atoms with E-state index in [0.29, 0.717) is 0 Å². The van der Waals surface area contributed by atoms with Gasteiger partial charge in [-0.3, -0.25) is 0 Å². The Bertz CT molecular complexity index is 488. The van der Waals surface area contributed by atoms with Crippen molar-refractivity contribution in [3.63, 3.8) is 0 Å². The molecule has 2 nitrogen and oxygen atoms in total. The van der Waals surface area contributed by atoms with Crippen LogP contribution in [0.3, 0.4) is 0 Å². The van der Waals surface area contributed by atoms with Crippen LogP contribution in [0.5, 0.6) is 0 Å². The third kappa shape index (κ3) is 2.35. The maximum absolute atomic E-state index is 4.33. The van der Waals surface area contributed by atoms with E-state index in [1.54, 1.807) is 0 Å². The minimum absolute atomic E-state index is 0.234. The van der Waals surface area contributed by atoms with Crippen molar-refractivity contribution in [3.05, 3.63) is 29.8 Å². The molecule has 0 bridgehead atoms. The van der Waals surface area contributed by atoms with Crippen molar-refractivity contribution in [2.75, 3.05) is 0 Å². The molecule has 0 radical (unpaired) electrons. The first-order valence-electron chi connectivity index (χ1n) is 4.47. The number of hydrogen-bond donors (Lipinski definition) is 0. The zero-order chi connectivity index (χ0) is 10.8. The maximum Gasteiger partial charge on any atom is 0.0974 e. The van der Waals surface area contributed by atoms with E-state index in [1.807, 2.05) is 12.1 Å². The van der Waals surface area contributed by atoms with Gasteiger partial charge >= 0.3 is 0 Å². The van der Waals surface area contributed by atoms with Crippen molar-refractivity contribution in [1.82, 2.24) is 10.2 Å². The average molecular weight is 272 g/mol. The van der Waals surface area contributed by atoms with Crippen LogP contribution in [0.25, 0.3) is 10.9 Å². The molecule has 1 heterocycles. The van der Waals surface area contributed by atoms with Crippen LogP contribution in [0.15, 0.2) is 24.3 Å². The molecule has 2 rings (SSSR count). The summed E-state index contributed by atoms with van der Waals surface area (Å²) in [4.78, 5) is 0. The van der Waals surface area contributed by atoms with Gasteiger partial charge in [-0.25, -0.2) is 0 Å². The van der Waals surface area contributed by atoms with E-state index < -0.39 is 0 Å². The molecular weight excluding hydrogens is 260 g/mol. The fourth-order valence-corrected chi connectivity index (χ4v) is 5.05. The van der Waals surface area contributed by atoms with Crippen LogP contribution < -0.4 is 5.44 Å². The molecule has 0 aliphatic carbocycles. The Morgan fingerprint density at radius 3 is 2.73 bits per heavy atom. The highest BCUT2D eigenvalue weighted by atomic mass is 32.6. The maximum atomic E-state index is 4.33. The molecule has 6 heteroatoms. The lowest BCUT2D eigenvalue weighted by Gasteiger charge is -2.11. The van der Waals surface area contributed by atoms with E-state index >= 15 is 0 Å². The second-order valence-corrected chi connectivity index (χ2v) is 12.2. The second kappa shape index (κ2) is 5.07. The highest BCUT2D eigenvalue weighted by molar-refractivity contribution is 8.63. The predicted octanol–water partition coefficient (Wildman–Crippen LogP) is 3.22. The Kier molecular flexibility index (Phi) is 3.98. The van der Waals surface area contributed by atoms with Crippen molar-refractivity contribution >= 4 is 49.5 Å². The lowest BCUT2D eigenvalue weighted by molar-refractivity contribution is 1.10. The zero-order valence-electron chi connectivity index (χ0n) is 8.31. The largest absolute Gasteiger partial charge is 0.150 e. The molecule has 0 spiro atoms. The van der Waals surface area contributed by atoms with Crippen LogP contribution in [-0.4, -0.2) is 10.2 Å². The van der Waals surface area contributed by atoms with E-state index in [-0.39, 0.29) is 7.30 Å². The van der Waals surface area contributed by atoms with Gasteiger partial charge in [-0.1, -0.05) is 26.2 Å². The van der Waals surface area contributed by atoms with E-state index in [0.717, 1.165) is 18.9 Å². The molecule has 1 aromatic carbocycles. The van der Waals surface area contributed by atoms with Gasteiger partial charge in [0.2, 0.25) is 0 Å². The first-order valence-corrected chi connectivity index (χ1v) is 11.1. The van der Waals surface area contributed by atoms with Crippen LogP contribution in [0.1, 0.15) is 5.56 Å². The summed E-state index contributed by atoms with van der Waals surface area (Å²) in [5, 5.41) is 9.81. The number of nitrogens with zero attached hydrogens (tertiary/aromatic N) is 2. The summed E-state index contributed by atoms with van der Waals surface area (Å²) in [6.45, 7) is 2.14. The number of benzene rings is 1. The lowest BCUT2D eigenvalue weighted by atomic mass is 10.1. The molecule has 4 atom stereocenters. The third-order valence-corrected chi connectivity index (χ3v) is 12.2. The van der Waals surface area contributed by atoms with Crippen LogP contribution in [0.2, 0.25) is 0 Å². The summed E-state index contributed by atoms with van der Waals surface area (Å²) >= 11 is 0. The predicted molar refractivity (Wildman–Crippen MR) is 78.6 cm³/mol. The zero-order valence-corrected chi connectivity index (χ0v) is 12.5. The van der Waals surface area contributed by atoms with Gasteiger partial charge in [-0.05, 0) is 25.9 Å². The van der Waals surface area contributed by atoms with Crippen LogP contribution in [0.4, 0.5) is 0 Å². The fourth-order valence-electron chi connectivity index (χ4n) is 1.46. The van der Waals surface area contributed by atoms with Crippen molar-refractivity contribution in [2.24, 2.45) is 0 Å². The molecule has 0 amide bonds. The number of rotatable bonds is 2. The molecule has 78 valence electrons. The van der Waals surface area contributed by atoms with Gasteiger partial charge in [0.1, 0.15) is 0 Å². The number of hydrogen-bond acceptors (Lipinski definition) is 2. The molecule has 0 N–H and O–H groups in total. The standard InChI is InChI=1S/C9H12N2P4/c1-6-7-4-2-3-5-8(7)10-11-9(6)15(13)14-12/h2-5,14H,12-13H2,1H3. The topological polar surface area (TPSA) is 25.8 Å². The summed E-state index contributed by atoms with van der Waals surface area (Å²) in [6, 6.07) is 8.17. The van der Waals surface area contributed by atoms with Gasteiger partial charge in [-0.2, -0.15) is 0 Å². The summed E-state index contributed by atoms with van der Waals surface area (Å²) in [5.41, 5.74) is 3.41. The van der Waals surface area contributed by atoms with Crippen LogP contribution in [-0.2, 0) is 0 Å². The summed E-state index contributed by atoms with van der Waals surface area (Å²) in [7, 11) is 6.27. The van der Waals surface area contributed by atoms with Gasteiger partial charge in [0, 0.05) is 5.39 Å². The van der Waals surface area contributed by atoms with Crippen molar-refractivity contribution in [2.45, 2.75) is 6.92 Å².